The minimum atomic E-state index is -0.525. The first-order valence-corrected chi connectivity index (χ1v) is 12.7. The van der Waals surface area contributed by atoms with E-state index < -0.39 is 5.54 Å². The van der Waals surface area contributed by atoms with Crippen LogP contribution in [0, 0.1) is 13.8 Å². The van der Waals surface area contributed by atoms with E-state index in [4.69, 9.17) is 16.0 Å². The lowest BCUT2D eigenvalue weighted by atomic mass is 9.74. The van der Waals surface area contributed by atoms with Gasteiger partial charge in [0.1, 0.15) is 5.58 Å². The topological polar surface area (TPSA) is 92.4 Å². The van der Waals surface area contributed by atoms with Crippen LogP contribution < -0.4 is 10.6 Å². The van der Waals surface area contributed by atoms with Gasteiger partial charge in [-0.25, -0.2) is 4.79 Å². The lowest BCUT2D eigenvalue weighted by Gasteiger charge is -2.42. The number of aromatic nitrogens is 2. The summed E-state index contributed by atoms with van der Waals surface area (Å²) in [5, 5.41) is 11.7. The van der Waals surface area contributed by atoms with Crippen LogP contribution in [-0.2, 0) is 19.0 Å². The number of rotatable bonds is 5. The predicted octanol–water partition coefficient (Wildman–Crippen LogP) is 5.44. The second-order valence-electron chi connectivity index (χ2n) is 9.96. The lowest BCUT2D eigenvalue weighted by molar-refractivity contribution is 0.0764. The molecule has 5 rings (SSSR count). The Hall–Kier alpha value is -3.00. The molecule has 186 valence electrons. The van der Waals surface area contributed by atoms with Gasteiger partial charge in [0.05, 0.1) is 21.9 Å². The largest absolute Gasteiger partial charge is 0.450 e. The summed E-state index contributed by atoms with van der Waals surface area (Å²) in [6, 6.07) is 3.29. The highest BCUT2D eigenvalue weighted by molar-refractivity contribution is 6.35. The summed E-state index contributed by atoms with van der Waals surface area (Å²) in [4.78, 5) is 27.4. The molecule has 3 heterocycles. The molecule has 3 aromatic rings. The third kappa shape index (κ3) is 4.07. The van der Waals surface area contributed by atoms with Gasteiger partial charge in [0, 0.05) is 37.3 Å². The van der Waals surface area contributed by atoms with Gasteiger partial charge in [-0.2, -0.15) is 5.10 Å². The highest BCUT2D eigenvalue weighted by atomic mass is 35.5. The molecule has 1 saturated carbocycles. The molecule has 3 amide bonds. The molecule has 0 unspecified atom stereocenters. The van der Waals surface area contributed by atoms with Gasteiger partial charge in [0.2, 0.25) is 0 Å². The van der Waals surface area contributed by atoms with E-state index in [2.05, 4.69) is 22.7 Å². The van der Waals surface area contributed by atoms with Crippen LogP contribution in [0.15, 0.2) is 16.5 Å². The Bertz CT molecular complexity index is 1320. The number of fused-ring (bicyclic) bond motifs is 4. The average molecular weight is 498 g/mol. The van der Waals surface area contributed by atoms with Crippen molar-refractivity contribution in [2.45, 2.75) is 64.3 Å². The number of amides is 3. The molecule has 1 aliphatic carbocycles. The number of hydrogen-bond donors (Lipinski definition) is 2. The number of urea groups is 1. The molecule has 1 aliphatic heterocycles. The molecule has 0 saturated heterocycles. The van der Waals surface area contributed by atoms with Crippen LogP contribution in [0.2, 0.25) is 5.02 Å². The standard InChI is InChI=1S/C26H32ClN5O3/c1-15-18(16(2)32(4)30-15)9-8-12-31(3)24(33)20-14-17-13-19(27)22-21(23(17)35-20)26(29-25(34)28-22)10-6-5-7-11-26/h13-14H,5-12H2,1-4H3,(H2,28,29,34). The van der Waals surface area contributed by atoms with E-state index in [0.717, 1.165) is 67.3 Å². The zero-order valence-electron chi connectivity index (χ0n) is 20.8. The highest BCUT2D eigenvalue weighted by Crippen LogP contribution is 2.49. The third-order valence-corrected chi connectivity index (χ3v) is 7.97. The summed E-state index contributed by atoms with van der Waals surface area (Å²) < 4.78 is 8.12. The van der Waals surface area contributed by atoms with E-state index in [1.807, 2.05) is 18.7 Å². The predicted molar refractivity (Wildman–Crippen MR) is 136 cm³/mol. The summed E-state index contributed by atoms with van der Waals surface area (Å²) in [5.41, 5.74) is 4.99. The van der Waals surface area contributed by atoms with E-state index in [0.29, 0.717) is 22.8 Å². The Morgan fingerprint density at radius 2 is 2.00 bits per heavy atom. The SMILES string of the molecule is Cc1nn(C)c(C)c1CCCN(C)C(=O)c1cc2cc(Cl)c3c(c2o1)C1(CCCCC1)NC(=O)N3. The van der Waals surface area contributed by atoms with Crippen molar-refractivity contribution in [3.8, 4) is 0 Å². The van der Waals surface area contributed by atoms with Crippen LogP contribution in [0.1, 0.15) is 71.6 Å². The number of carbonyl (C=O) groups is 2. The van der Waals surface area contributed by atoms with Gasteiger partial charge < -0.3 is 20.0 Å². The van der Waals surface area contributed by atoms with E-state index in [1.54, 1.807) is 24.1 Å². The lowest BCUT2D eigenvalue weighted by Crippen LogP contribution is -2.52. The molecule has 0 atom stereocenters. The van der Waals surface area contributed by atoms with Gasteiger partial charge in [-0.3, -0.25) is 9.48 Å². The van der Waals surface area contributed by atoms with Crippen LogP contribution in [0.3, 0.4) is 0 Å². The van der Waals surface area contributed by atoms with Crippen molar-refractivity contribution in [1.29, 1.82) is 0 Å². The molecule has 2 aliphatic rings. The summed E-state index contributed by atoms with van der Waals surface area (Å²) in [6.45, 7) is 4.69. The molecular weight excluding hydrogens is 466 g/mol. The van der Waals surface area contributed by atoms with Gasteiger partial charge in [0.15, 0.2) is 5.76 Å². The van der Waals surface area contributed by atoms with Gasteiger partial charge >= 0.3 is 6.03 Å². The highest BCUT2D eigenvalue weighted by Gasteiger charge is 2.44. The molecule has 35 heavy (non-hydrogen) atoms. The van der Waals surface area contributed by atoms with Crippen molar-refractivity contribution in [3.63, 3.8) is 0 Å². The Balaban J connectivity index is 1.41. The number of anilines is 1. The fraction of sp³-hybridized carbons (Fsp3) is 0.500. The second kappa shape index (κ2) is 8.90. The fourth-order valence-corrected chi connectivity index (χ4v) is 6.01. The molecule has 1 spiro atoms. The third-order valence-electron chi connectivity index (χ3n) is 7.67. The summed E-state index contributed by atoms with van der Waals surface area (Å²) in [6.07, 6.45) is 6.49. The van der Waals surface area contributed by atoms with Crippen LogP contribution >= 0.6 is 11.6 Å². The molecular formula is C26H32ClN5O3. The number of hydrogen-bond acceptors (Lipinski definition) is 4. The maximum absolute atomic E-state index is 13.3. The van der Waals surface area contributed by atoms with Gasteiger partial charge in [-0.05, 0) is 57.2 Å². The van der Waals surface area contributed by atoms with E-state index in [-0.39, 0.29) is 17.7 Å². The minimum Gasteiger partial charge on any atom is -0.450 e. The molecule has 0 radical (unpaired) electrons. The normalized spacial score (nSPS) is 16.8. The first kappa shape index (κ1) is 23.7. The number of aryl methyl sites for hydroxylation is 2. The first-order valence-electron chi connectivity index (χ1n) is 12.3. The van der Waals surface area contributed by atoms with E-state index in [9.17, 15) is 9.59 Å². The molecule has 1 fully saturated rings. The summed E-state index contributed by atoms with van der Waals surface area (Å²) >= 11 is 6.61. The van der Waals surface area contributed by atoms with Gasteiger partial charge in [0.25, 0.3) is 5.91 Å². The van der Waals surface area contributed by atoms with Gasteiger partial charge in [-0.1, -0.05) is 30.9 Å². The maximum Gasteiger partial charge on any atom is 0.319 e. The molecule has 0 bridgehead atoms. The number of benzene rings is 1. The molecule has 2 aromatic heterocycles. The van der Waals surface area contributed by atoms with Crippen molar-refractivity contribution in [1.82, 2.24) is 20.0 Å². The van der Waals surface area contributed by atoms with Crippen LogP contribution in [0.5, 0.6) is 0 Å². The monoisotopic (exact) mass is 497 g/mol. The Labute approximate surface area is 210 Å². The fourth-order valence-electron chi connectivity index (χ4n) is 5.75. The first-order chi connectivity index (χ1) is 16.7. The summed E-state index contributed by atoms with van der Waals surface area (Å²) in [7, 11) is 3.75. The minimum absolute atomic E-state index is 0.170. The number of halogens is 1. The summed E-state index contributed by atoms with van der Waals surface area (Å²) in [5.74, 6) is 0.111. The van der Waals surface area contributed by atoms with Crippen molar-refractivity contribution in [2.75, 3.05) is 18.9 Å². The smallest absolute Gasteiger partial charge is 0.319 e. The van der Waals surface area contributed by atoms with Crippen molar-refractivity contribution in [2.24, 2.45) is 7.05 Å². The van der Waals surface area contributed by atoms with Crippen molar-refractivity contribution >= 4 is 40.2 Å². The van der Waals surface area contributed by atoms with Gasteiger partial charge in [-0.15, -0.1) is 0 Å². The second-order valence-corrected chi connectivity index (χ2v) is 10.4. The molecule has 1 aromatic carbocycles. The molecule has 2 N–H and O–H groups in total. The Morgan fingerprint density at radius 1 is 1.26 bits per heavy atom. The molecule has 8 nitrogen and oxygen atoms in total. The number of carbonyl (C=O) groups excluding carboxylic acids is 2. The average Bonchev–Trinajstić information content (AvgIpc) is 3.34. The van der Waals surface area contributed by atoms with Crippen molar-refractivity contribution < 1.29 is 14.0 Å². The number of nitrogens with zero attached hydrogens (tertiary/aromatic N) is 3. The van der Waals surface area contributed by atoms with Crippen LogP contribution in [0.4, 0.5) is 10.5 Å². The zero-order chi connectivity index (χ0) is 24.9. The van der Waals surface area contributed by atoms with Crippen molar-refractivity contribution in [3.05, 3.63) is 45.4 Å². The Kier molecular flexibility index (Phi) is 6.03. The number of nitrogens with one attached hydrogen (secondary N) is 2. The quantitative estimate of drug-likeness (QED) is 0.491. The number of furan rings is 1. The van der Waals surface area contributed by atoms with Crippen LogP contribution in [0.25, 0.3) is 11.0 Å². The van der Waals surface area contributed by atoms with Crippen LogP contribution in [-0.4, -0.2) is 40.2 Å². The van der Waals surface area contributed by atoms with E-state index in [1.165, 1.54) is 5.56 Å². The maximum atomic E-state index is 13.3. The Morgan fingerprint density at radius 3 is 2.69 bits per heavy atom. The molecule has 9 heteroatoms. The van der Waals surface area contributed by atoms with E-state index >= 15 is 0 Å². The zero-order valence-corrected chi connectivity index (χ0v) is 21.5.